The Morgan fingerprint density at radius 1 is 1.65 bits per heavy atom. The summed E-state index contributed by atoms with van der Waals surface area (Å²) in [6.45, 7) is 9.00. The van der Waals surface area contributed by atoms with E-state index in [0.717, 1.165) is 6.20 Å². The Kier molecular flexibility index (Phi) is 5.18. The zero-order chi connectivity index (χ0) is 15.3. The molecule has 1 atom stereocenters. The molecular weight excluding hydrogens is 264 g/mol. The Bertz CT molecular complexity index is 403. The average molecular weight is 286 g/mol. The summed E-state index contributed by atoms with van der Waals surface area (Å²) in [5, 5.41) is 16.1. The van der Waals surface area contributed by atoms with Gasteiger partial charge in [0.1, 0.15) is 5.60 Å². The van der Waals surface area contributed by atoms with Crippen LogP contribution in [0.15, 0.2) is 12.0 Å². The lowest BCUT2D eigenvalue weighted by molar-refractivity contribution is -0.404. The molecule has 0 saturated carbocycles. The second-order valence-electron chi connectivity index (χ2n) is 5.72. The van der Waals surface area contributed by atoms with Crippen molar-refractivity contribution in [1.82, 2.24) is 15.5 Å². The predicted octanol–water partition coefficient (Wildman–Crippen LogP) is 0.880. The van der Waals surface area contributed by atoms with Gasteiger partial charge >= 0.3 is 6.09 Å². The van der Waals surface area contributed by atoms with E-state index in [1.54, 1.807) is 20.8 Å². The molecule has 0 aliphatic carbocycles. The molecule has 1 rings (SSSR count). The van der Waals surface area contributed by atoms with Gasteiger partial charge in [-0.05, 0) is 27.7 Å². The van der Waals surface area contributed by atoms with Gasteiger partial charge in [0.15, 0.2) is 5.82 Å². The van der Waals surface area contributed by atoms with E-state index in [1.165, 1.54) is 0 Å². The predicted molar refractivity (Wildman–Crippen MR) is 73.5 cm³/mol. The maximum Gasteiger partial charge on any atom is 0.407 e. The highest BCUT2D eigenvalue weighted by Gasteiger charge is 2.23. The fraction of sp³-hybridized carbons (Fsp3) is 0.750. The highest BCUT2D eigenvalue weighted by atomic mass is 16.6. The van der Waals surface area contributed by atoms with Gasteiger partial charge in [0.2, 0.25) is 0 Å². The van der Waals surface area contributed by atoms with E-state index in [1.807, 2.05) is 11.8 Å². The Labute approximate surface area is 118 Å². The average Bonchev–Trinajstić information content (AvgIpc) is 2.60. The van der Waals surface area contributed by atoms with Gasteiger partial charge in [0.25, 0.3) is 6.20 Å². The smallest absolute Gasteiger partial charge is 0.407 e. The zero-order valence-corrected chi connectivity index (χ0v) is 12.3. The molecule has 0 aromatic rings. The lowest BCUT2D eigenvalue weighted by atomic mass is 10.2. The van der Waals surface area contributed by atoms with Crippen molar-refractivity contribution < 1.29 is 14.5 Å². The molecule has 1 aliphatic heterocycles. The second kappa shape index (κ2) is 6.44. The molecule has 0 aromatic carbocycles. The third-order valence-electron chi connectivity index (χ3n) is 2.51. The van der Waals surface area contributed by atoms with E-state index in [4.69, 9.17) is 4.74 Å². The van der Waals surface area contributed by atoms with Gasteiger partial charge in [-0.25, -0.2) is 4.79 Å². The highest BCUT2D eigenvalue weighted by Crippen LogP contribution is 2.09. The Morgan fingerprint density at radius 2 is 2.30 bits per heavy atom. The van der Waals surface area contributed by atoms with Gasteiger partial charge in [-0.15, -0.1) is 0 Å². The van der Waals surface area contributed by atoms with Crippen LogP contribution in [-0.4, -0.2) is 47.2 Å². The number of hydrogen-bond acceptors (Lipinski definition) is 6. The summed E-state index contributed by atoms with van der Waals surface area (Å²) in [6, 6.07) is -0.181. The normalized spacial score (nSPS) is 18.6. The van der Waals surface area contributed by atoms with Crippen molar-refractivity contribution in [1.29, 1.82) is 0 Å². The van der Waals surface area contributed by atoms with Crippen LogP contribution in [0.5, 0.6) is 0 Å². The van der Waals surface area contributed by atoms with Crippen LogP contribution in [0, 0.1) is 10.1 Å². The number of nitrogens with one attached hydrogen (secondary N) is 2. The molecule has 0 aromatic heterocycles. The van der Waals surface area contributed by atoms with Crippen molar-refractivity contribution in [3.05, 3.63) is 22.1 Å². The summed E-state index contributed by atoms with van der Waals surface area (Å²) in [5.41, 5.74) is -0.546. The number of nitro groups is 1. The summed E-state index contributed by atoms with van der Waals surface area (Å²) in [6.07, 6.45) is 0.449. The van der Waals surface area contributed by atoms with E-state index >= 15 is 0 Å². The van der Waals surface area contributed by atoms with E-state index in [2.05, 4.69) is 10.6 Å². The monoisotopic (exact) mass is 286 g/mol. The summed E-state index contributed by atoms with van der Waals surface area (Å²) in [5.74, 6) is 0.466. The first-order chi connectivity index (χ1) is 9.17. The van der Waals surface area contributed by atoms with Gasteiger partial charge in [-0.2, -0.15) is 0 Å². The fourth-order valence-corrected chi connectivity index (χ4v) is 1.85. The van der Waals surface area contributed by atoms with Crippen LogP contribution < -0.4 is 10.6 Å². The Balaban J connectivity index is 2.48. The number of rotatable bonds is 4. The molecule has 1 saturated heterocycles. The molecule has 1 fully saturated rings. The molecular formula is C12H22N4O4. The van der Waals surface area contributed by atoms with Gasteiger partial charge < -0.3 is 20.3 Å². The SMILES string of the molecule is C[C@H](CN1CCN/C1=C\[N+](=O)[O-])NC(=O)OC(C)(C)C. The van der Waals surface area contributed by atoms with Gasteiger partial charge in [0.05, 0.1) is 4.92 Å². The van der Waals surface area contributed by atoms with Crippen LogP contribution in [0.4, 0.5) is 4.79 Å². The largest absolute Gasteiger partial charge is 0.444 e. The van der Waals surface area contributed by atoms with Crippen molar-refractivity contribution >= 4 is 6.09 Å². The number of carbonyl (C=O) groups excluding carboxylic acids is 1. The highest BCUT2D eigenvalue weighted by molar-refractivity contribution is 5.68. The lowest BCUT2D eigenvalue weighted by Crippen LogP contribution is -2.43. The Morgan fingerprint density at radius 3 is 2.85 bits per heavy atom. The first-order valence-corrected chi connectivity index (χ1v) is 6.51. The van der Waals surface area contributed by atoms with Crippen molar-refractivity contribution in [2.75, 3.05) is 19.6 Å². The van der Waals surface area contributed by atoms with Crippen molar-refractivity contribution in [2.24, 2.45) is 0 Å². The van der Waals surface area contributed by atoms with Crippen molar-refractivity contribution in [3.63, 3.8) is 0 Å². The molecule has 0 unspecified atom stereocenters. The molecule has 20 heavy (non-hydrogen) atoms. The van der Waals surface area contributed by atoms with Crippen LogP contribution in [-0.2, 0) is 4.74 Å². The summed E-state index contributed by atoms with van der Waals surface area (Å²) in [7, 11) is 0. The molecule has 8 nitrogen and oxygen atoms in total. The minimum Gasteiger partial charge on any atom is -0.444 e. The fourth-order valence-electron chi connectivity index (χ4n) is 1.85. The molecule has 0 spiro atoms. The van der Waals surface area contributed by atoms with Crippen molar-refractivity contribution in [2.45, 2.75) is 39.3 Å². The quantitative estimate of drug-likeness (QED) is 0.588. The Hall–Kier alpha value is -1.99. The first kappa shape index (κ1) is 16.1. The number of carbonyl (C=O) groups is 1. The second-order valence-corrected chi connectivity index (χ2v) is 5.72. The van der Waals surface area contributed by atoms with E-state index in [9.17, 15) is 14.9 Å². The molecule has 1 amide bonds. The summed E-state index contributed by atoms with van der Waals surface area (Å²) >= 11 is 0. The number of nitrogens with zero attached hydrogens (tertiary/aromatic N) is 2. The van der Waals surface area contributed by atoms with Crippen LogP contribution in [0.3, 0.4) is 0 Å². The molecule has 8 heteroatoms. The maximum atomic E-state index is 11.6. The van der Waals surface area contributed by atoms with Gasteiger partial charge in [0, 0.05) is 25.7 Å². The van der Waals surface area contributed by atoms with Gasteiger partial charge in [-0.3, -0.25) is 10.1 Å². The number of ether oxygens (including phenoxy) is 1. The number of amides is 1. The van der Waals surface area contributed by atoms with E-state index in [0.29, 0.717) is 25.5 Å². The molecule has 1 heterocycles. The van der Waals surface area contributed by atoms with Gasteiger partial charge in [-0.1, -0.05) is 0 Å². The standard InChI is InChI=1S/C12H22N4O4/c1-9(14-11(17)20-12(2,3)4)7-15-6-5-13-10(15)8-16(18)19/h8-9,13H,5-7H2,1-4H3,(H,14,17)/b10-8+/t9-/m1/s1. The minimum atomic E-state index is -0.546. The number of hydrogen-bond donors (Lipinski definition) is 2. The molecule has 114 valence electrons. The summed E-state index contributed by atoms with van der Waals surface area (Å²) < 4.78 is 5.16. The minimum absolute atomic E-state index is 0.181. The molecule has 1 aliphatic rings. The van der Waals surface area contributed by atoms with E-state index < -0.39 is 16.6 Å². The van der Waals surface area contributed by atoms with Crippen LogP contribution in [0.1, 0.15) is 27.7 Å². The molecule has 2 N–H and O–H groups in total. The van der Waals surface area contributed by atoms with Crippen molar-refractivity contribution in [3.8, 4) is 0 Å². The van der Waals surface area contributed by atoms with E-state index in [-0.39, 0.29) is 6.04 Å². The maximum absolute atomic E-state index is 11.6. The zero-order valence-electron chi connectivity index (χ0n) is 12.3. The molecule has 0 bridgehead atoms. The number of alkyl carbamates (subject to hydrolysis) is 1. The third kappa shape index (κ3) is 5.77. The van der Waals surface area contributed by atoms with Crippen LogP contribution in [0.25, 0.3) is 0 Å². The first-order valence-electron chi connectivity index (χ1n) is 6.51. The molecule has 0 radical (unpaired) electrons. The summed E-state index contributed by atoms with van der Waals surface area (Å²) in [4.78, 5) is 23.4. The van der Waals surface area contributed by atoms with Crippen LogP contribution in [0.2, 0.25) is 0 Å². The third-order valence-corrected chi connectivity index (χ3v) is 2.51. The topological polar surface area (TPSA) is 96.7 Å². The lowest BCUT2D eigenvalue weighted by Gasteiger charge is -2.25. The van der Waals surface area contributed by atoms with Crippen LogP contribution >= 0.6 is 0 Å².